The molecule has 0 spiro atoms. The molecule has 0 saturated heterocycles. The second kappa shape index (κ2) is 8.07. The van der Waals surface area contributed by atoms with Crippen LogP contribution in [-0.2, 0) is 11.2 Å². The van der Waals surface area contributed by atoms with Crippen molar-refractivity contribution in [1.82, 2.24) is 9.97 Å². The van der Waals surface area contributed by atoms with Gasteiger partial charge in [0.05, 0.1) is 18.5 Å². The molecule has 5 rings (SSSR count). The molecule has 0 radical (unpaired) electrons. The first-order valence-electron chi connectivity index (χ1n) is 11.5. The molecule has 1 N–H and O–H groups in total. The van der Waals surface area contributed by atoms with E-state index in [2.05, 4.69) is 22.1 Å². The number of rotatable bonds is 5. The van der Waals surface area contributed by atoms with Crippen LogP contribution in [0.3, 0.4) is 0 Å². The zero-order valence-electron chi connectivity index (χ0n) is 18.9. The number of fused-ring (bicyclic) bond motifs is 2. The van der Waals surface area contributed by atoms with E-state index in [1.54, 1.807) is 25.1 Å². The Morgan fingerprint density at radius 2 is 2.06 bits per heavy atom. The average molecular weight is 436 g/mol. The Balaban J connectivity index is 1.53. The minimum Gasteiger partial charge on any atom is -0.491 e. The zero-order chi connectivity index (χ0) is 22.4. The Morgan fingerprint density at radius 3 is 2.78 bits per heavy atom. The van der Waals surface area contributed by atoms with Crippen molar-refractivity contribution in [2.45, 2.75) is 64.5 Å². The Hall–Kier alpha value is -3.16. The molecule has 1 amide bonds. The standard InChI is InChI=1S/C24H29N5O3/c1-4-19-23(31)28(3)20-13-25-24(27-22(20)29(19)15-7-5-6-8-15)26-18-10-9-16(14(2)30)17-11-12-32-21(17)18/h9-10,13,15,19H,4-8,11-12H2,1-3H3,(H,25,26,27)/t19-/m1/s1. The summed E-state index contributed by atoms with van der Waals surface area (Å²) in [5.74, 6) is 2.10. The van der Waals surface area contributed by atoms with Crippen molar-refractivity contribution < 1.29 is 14.3 Å². The highest BCUT2D eigenvalue weighted by molar-refractivity contribution is 6.04. The summed E-state index contributed by atoms with van der Waals surface area (Å²) >= 11 is 0. The van der Waals surface area contributed by atoms with Gasteiger partial charge in [-0.3, -0.25) is 9.59 Å². The summed E-state index contributed by atoms with van der Waals surface area (Å²) in [6.07, 6.45) is 7.69. The monoisotopic (exact) mass is 435 g/mol. The molecule has 8 heteroatoms. The summed E-state index contributed by atoms with van der Waals surface area (Å²) in [7, 11) is 1.80. The van der Waals surface area contributed by atoms with Gasteiger partial charge in [-0.1, -0.05) is 19.8 Å². The Kier molecular flexibility index (Phi) is 5.23. The molecule has 3 heterocycles. The van der Waals surface area contributed by atoms with E-state index in [0.29, 0.717) is 36.3 Å². The Morgan fingerprint density at radius 1 is 1.28 bits per heavy atom. The average Bonchev–Trinajstić information content (AvgIpc) is 3.48. The van der Waals surface area contributed by atoms with Gasteiger partial charge in [0.25, 0.3) is 0 Å². The lowest BCUT2D eigenvalue weighted by Gasteiger charge is -2.43. The molecule has 2 aliphatic heterocycles. The van der Waals surface area contributed by atoms with Gasteiger partial charge in [-0.05, 0) is 38.3 Å². The molecule has 1 saturated carbocycles. The van der Waals surface area contributed by atoms with Gasteiger partial charge < -0.3 is 19.9 Å². The highest BCUT2D eigenvalue weighted by Crippen LogP contribution is 2.41. The fourth-order valence-corrected chi connectivity index (χ4v) is 5.29. The smallest absolute Gasteiger partial charge is 0.249 e. The van der Waals surface area contributed by atoms with Crippen LogP contribution in [0, 0.1) is 0 Å². The summed E-state index contributed by atoms with van der Waals surface area (Å²) in [5, 5.41) is 3.30. The van der Waals surface area contributed by atoms with Gasteiger partial charge in [0.2, 0.25) is 11.9 Å². The molecular formula is C24H29N5O3. The lowest BCUT2D eigenvalue weighted by atomic mass is 10.0. The second-order valence-corrected chi connectivity index (χ2v) is 8.82. The van der Waals surface area contributed by atoms with Gasteiger partial charge in [0.15, 0.2) is 11.6 Å². The summed E-state index contributed by atoms with van der Waals surface area (Å²) in [4.78, 5) is 38.3. The van der Waals surface area contributed by atoms with E-state index < -0.39 is 0 Å². The van der Waals surface area contributed by atoms with E-state index in [0.717, 1.165) is 42.0 Å². The number of nitrogens with one attached hydrogen (secondary N) is 1. The lowest BCUT2D eigenvalue weighted by molar-refractivity contribution is -0.120. The number of ether oxygens (including phenoxy) is 1. The Labute approximate surface area is 188 Å². The first-order chi connectivity index (χ1) is 15.5. The number of ketones is 1. The third-order valence-corrected chi connectivity index (χ3v) is 6.90. The SMILES string of the molecule is CC[C@@H]1C(=O)N(C)c2cnc(Nc3ccc(C(C)=O)c4c3OCC4)nc2N1C1CCCC1. The predicted octanol–water partition coefficient (Wildman–Crippen LogP) is 3.86. The van der Waals surface area contributed by atoms with Gasteiger partial charge in [-0.15, -0.1) is 0 Å². The molecule has 1 aromatic heterocycles. The maximum Gasteiger partial charge on any atom is 0.249 e. The maximum absolute atomic E-state index is 13.0. The minimum atomic E-state index is -0.208. The van der Waals surface area contributed by atoms with Crippen LogP contribution in [0.2, 0.25) is 0 Å². The van der Waals surface area contributed by atoms with Crippen molar-refractivity contribution in [1.29, 1.82) is 0 Å². The highest BCUT2D eigenvalue weighted by Gasteiger charge is 2.41. The zero-order valence-corrected chi connectivity index (χ0v) is 18.9. The number of likely N-dealkylation sites (N-methyl/N-ethyl adjacent to an activating group) is 1. The highest BCUT2D eigenvalue weighted by atomic mass is 16.5. The third kappa shape index (κ3) is 3.29. The summed E-state index contributed by atoms with van der Waals surface area (Å²) in [5.41, 5.74) is 3.13. The third-order valence-electron chi connectivity index (χ3n) is 6.90. The number of carbonyl (C=O) groups is 2. The van der Waals surface area contributed by atoms with Crippen LogP contribution in [0.5, 0.6) is 5.75 Å². The van der Waals surface area contributed by atoms with Crippen molar-refractivity contribution in [2.75, 3.05) is 28.8 Å². The number of hydrogen-bond donors (Lipinski definition) is 1. The fraction of sp³-hybridized carbons (Fsp3) is 0.500. The summed E-state index contributed by atoms with van der Waals surface area (Å²) in [6, 6.07) is 3.80. The van der Waals surface area contributed by atoms with Crippen LogP contribution < -0.4 is 19.9 Å². The van der Waals surface area contributed by atoms with Crippen LogP contribution in [-0.4, -0.2) is 47.4 Å². The van der Waals surface area contributed by atoms with E-state index >= 15 is 0 Å². The van der Waals surface area contributed by atoms with E-state index in [9.17, 15) is 9.59 Å². The van der Waals surface area contributed by atoms with E-state index in [1.165, 1.54) is 12.8 Å². The van der Waals surface area contributed by atoms with Crippen LogP contribution in [0.15, 0.2) is 18.3 Å². The molecule has 32 heavy (non-hydrogen) atoms. The topological polar surface area (TPSA) is 87.7 Å². The van der Waals surface area contributed by atoms with E-state index in [-0.39, 0.29) is 17.7 Å². The molecular weight excluding hydrogens is 406 g/mol. The van der Waals surface area contributed by atoms with Crippen molar-refractivity contribution in [3.8, 4) is 5.75 Å². The summed E-state index contributed by atoms with van der Waals surface area (Å²) in [6.45, 7) is 4.19. The maximum atomic E-state index is 13.0. The van der Waals surface area contributed by atoms with Crippen LogP contribution in [0.4, 0.5) is 23.1 Å². The van der Waals surface area contributed by atoms with Gasteiger partial charge >= 0.3 is 0 Å². The van der Waals surface area contributed by atoms with Crippen LogP contribution >= 0.6 is 0 Å². The quantitative estimate of drug-likeness (QED) is 0.714. The van der Waals surface area contributed by atoms with Gasteiger partial charge in [-0.2, -0.15) is 4.98 Å². The minimum absolute atomic E-state index is 0.0360. The predicted molar refractivity (Wildman–Crippen MR) is 123 cm³/mol. The van der Waals surface area contributed by atoms with E-state index in [4.69, 9.17) is 9.72 Å². The fourth-order valence-electron chi connectivity index (χ4n) is 5.29. The first-order valence-corrected chi connectivity index (χ1v) is 11.5. The molecule has 0 unspecified atom stereocenters. The number of aromatic nitrogens is 2. The van der Waals surface area contributed by atoms with Crippen molar-refractivity contribution in [3.05, 3.63) is 29.5 Å². The number of hydrogen-bond acceptors (Lipinski definition) is 7. The molecule has 1 atom stereocenters. The van der Waals surface area contributed by atoms with Crippen LogP contribution in [0.25, 0.3) is 0 Å². The number of nitrogens with zero attached hydrogens (tertiary/aromatic N) is 4. The molecule has 168 valence electrons. The first kappa shape index (κ1) is 20.7. The number of amides is 1. The van der Waals surface area contributed by atoms with Gasteiger partial charge in [0, 0.05) is 30.6 Å². The molecule has 2 aromatic rings. The molecule has 3 aliphatic rings. The van der Waals surface area contributed by atoms with Gasteiger partial charge in [-0.25, -0.2) is 4.98 Å². The molecule has 1 fully saturated rings. The summed E-state index contributed by atoms with van der Waals surface area (Å²) < 4.78 is 5.84. The number of benzene rings is 1. The lowest BCUT2D eigenvalue weighted by Crippen LogP contribution is -2.55. The Bertz CT molecular complexity index is 1080. The number of anilines is 4. The molecule has 8 nitrogen and oxygen atoms in total. The van der Waals surface area contributed by atoms with Crippen molar-refractivity contribution in [3.63, 3.8) is 0 Å². The van der Waals surface area contributed by atoms with Crippen molar-refractivity contribution >= 4 is 34.8 Å². The number of Topliss-reactive ketones (excluding diaryl/α,β-unsaturated/α-hetero) is 1. The molecule has 0 bridgehead atoms. The second-order valence-electron chi connectivity index (χ2n) is 8.82. The van der Waals surface area contributed by atoms with Crippen molar-refractivity contribution in [2.24, 2.45) is 0 Å². The normalized spacial score (nSPS) is 20.2. The molecule has 1 aliphatic carbocycles. The van der Waals surface area contributed by atoms with E-state index in [1.807, 2.05) is 12.1 Å². The van der Waals surface area contributed by atoms with Gasteiger partial charge in [0.1, 0.15) is 17.5 Å². The largest absolute Gasteiger partial charge is 0.491 e. The molecule has 1 aromatic carbocycles. The number of carbonyl (C=O) groups excluding carboxylic acids is 2. The van der Waals surface area contributed by atoms with Crippen LogP contribution in [0.1, 0.15) is 61.9 Å².